The summed E-state index contributed by atoms with van der Waals surface area (Å²) in [5, 5.41) is 21.8. The zero-order valence-corrected chi connectivity index (χ0v) is 25.9. The average molecular weight is 638 g/mol. The number of fused-ring (bicyclic) bond motifs is 2. The van der Waals surface area contributed by atoms with E-state index in [4.69, 9.17) is 16.3 Å². The number of carboxylic acid groups (broad SMARTS) is 1. The number of aryl methyl sites for hydroxylation is 2. The Morgan fingerprint density at radius 2 is 1.80 bits per heavy atom. The van der Waals surface area contributed by atoms with Crippen LogP contribution < -0.4 is 15.9 Å². The molecule has 0 saturated heterocycles. The summed E-state index contributed by atoms with van der Waals surface area (Å²) in [6.45, 7) is 3.52. The number of nitrogens with zero attached hydrogens (tertiary/aromatic N) is 5. The molecule has 0 saturated carbocycles. The van der Waals surface area contributed by atoms with Crippen LogP contribution in [0.5, 0.6) is 5.75 Å². The van der Waals surface area contributed by atoms with Gasteiger partial charge in [-0.1, -0.05) is 41.9 Å². The summed E-state index contributed by atoms with van der Waals surface area (Å²) in [6.07, 6.45) is 0. The van der Waals surface area contributed by atoms with E-state index in [2.05, 4.69) is 16.0 Å². The van der Waals surface area contributed by atoms with E-state index in [0.717, 1.165) is 5.56 Å². The Hall–Kier alpha value is -5.31. The Balaban J connectivity index is 1.40. The number of benzene rings is 2. The number of rotatable bonds is 7. The van der Waals surface area contributed by atoms with Gasteiger partial charge < -0.3 is 14.4 Å². The molecule has 4 heterocycles. The molecule has 45 heavy (non-hydrogen) atoms. The van der Waals surface area contributed by atoms with Crippen LogP contribution in [-0.4, -0.2) is 36.8 Å². The molecule has 0 aliphatic carbocycles. The molecule has 0 bridgehead atoms. The molecule has 0 spiro atoms. The van der Waals surface area contributed by atoms with E-state index in [0.29, 0.717) is 49.3 Å². The summed E-state index contributed by atoms with van der Waals surface area (Å²) in [5.41, 5.74) is 2.46. The standard InChI is InChI=1S/C33H24ClN5O5S/c1-17-13-22(30-27(36-17)24(16-45-30)33(42)43)21-14-20(34)9-10-25(21)44-12-11-39-18(2)37-28-26(31(39)40)23(15-35)29(38(3)32(28)41)19-7-5-4-6-8-19/h4-10,13-14,16H,11-12H2,1-3H3,(H,42,43). The highest BCUT2D eigenvalue weighted by molar-refractivity contribution is 7.18. The summed E-state index contributed by atoms with van der Waals surface area (Å²) in [7, 11) is 1.56. The molecule has 6 rings (SSSR count). The van der Waals surface area contributed by atoms with Crippen LogP contribution in [0.15, 0.2) is 69.6 Å². The molecule has 0 fully saturated rings. The molecule has 0 atom stereocenters. The number of thiophene rings is 1. The number of aromatic nitrogens is 4. The Bertz CT molecular complexity index is 2340. The topological polar surface area (TPSA) is 140 Å². The highest BCUT2D eigenvalue weighted by Gasteiger charge is 2.23. The van der Waals surface area contributed by atoms with Gasteiger partial charge in [-0.05, 0) is 43.7 Å². The Morgan fingerprint density at radius 3 is 2.51 bits per heavy atom. The number of carbonyl (C=O) groups is 1. The van der Waals surface area contributed by atoms with Crippen LogP contribution in [0.2, 0.25) is 5.02 Å². The molecular weight excluding hydrogens is 614 g/mol. The van der Waals surface area contributed by atoms with E-state index < -0.39 is 17.1 Å². The van der Waals surface area contributed by atoms with Gasteiger partial charge >= 0.3 is 5.97 Å². The zero-order valence-electron chi connectivity index (χ0n) is 24.3. The second-order valence-electron chi connectivity index (χ2n) is 10.3. The maximum Gasteiger partial charge on any atom is 0.338 e. The molecule has 0 amide bonds. The van der Waals surface area contributed by atoms with E-state index in [1.807, 2.05) is 12.1 Å². The molecular formula is C33H24ClN5O5S. The van der Waals surface area contributed by atoms with Gasteiger partial charge in [-0.3, -0.25) is 19.1 Å². The average Bonchev–Trinajstić information content (AvgIpc) is 3.45. The second kappa shape index (κ2) is 11.6. The van der Waals surface area contributed by atoms with Crippen LogP contribution in [0.3, 0.4) is 0 Å². The van der Waals surface area contributed by atoms with Crippen molar-refractivity contribution in [3.8, 4) is 34.2 Å². The fourth-order valence-corrected chi connectivity index (χ4v) is 6.65. The van der Waals surface area contributed by atoms with E-state index >= 15 is 0 Å². The summed E-state index contributed by atoms with van der Waals surface area (Å²) in [4.78, 5) is 47.9. The Kier molecular flexibility index (Phi) is 7.70. The summed E-state index contributed by atoms with van der Waals surface area (Å²) >= 11 is 7.65. The molecule has 2 aromatic carbocycles. The predicted molar refractivity (Wildman–Crippen MR) is 173 cm³/mol. The van der Waals surface area contributed by atoms with Gasteiger partial charge in [0.1, 0.15) is 29.8 Å². The van der Waals surface area contributed by atoms with Gasteiger partial charge in [-0.25, -0.2) is 9.78 Å². The molecule has 10 nitrogen and oxygen atoms in total. The number of carboxylic acids is 1. The summed E-state index contributed by atoms with van der Waals surface area (Å²) < 4.78 is 9.61. The smallest absolute Gasteiger partial charge is 0.338 e. The number of pyridine rings is 2. The molecule has 1 N–H and O–H groups in total. The first-order chi connectivity index (χ1) is 21.6. The predicted octanol–water partition coefficient (Wildman–Crippen LogP) is 5.96. The van der Waals surface area contributed by atoms with Crippen LogP contribution in [0.25, 0.3) is 43.5 Å². The van der Waals surface area contributed by atoms with Crippen molar-refractivity contribution in [2.75, 3.05) is 6.61 Å². The minimum absolute atomic E-state index is 0.0405. The van der Waals surface area contributed by atoms with Gasteiger partial charge in [-0.15, -0.1) is 11.3 Å². The molecule has 0 aliphatic rings. The van der Waals surface area contributed by atoms with Crippen molar-refractivity contribution in [2.24, 2.45) is 7.05 Å². The first-order valence-electron chi connectivity index (χ1n) is 13.7. The summed E-state index contributed by atoms with van der Waals surface area (Å²) in [5.74, 6) is -0.299. The third-order valence-electron chi connectivity index (χ3n) is 7.53. The number of aromatic carboxylic acids is 1. The molecule has 0 unspecified atom stereocenters. The first-order valence-corrected chi connectivity index (χ1v) is 15.0. The van der Waals surface area contributed by atoms with Gasteiger partial charge in [0.2, 0.25) is 0 Å². The molecule has 224 valence electrons. The number of halogens is 1. The molecule has 12 heteroatoms. The molecule has 4 aromatic heterocycles. The van der Waals surface area contributed by atoms with Gasteiger partial charge in [0.15, 0.2) is 0 Å². The summed E-state index contributed by atoms with van der Waals surface area (Å²) in [6, 6.07) is 18.1. The van der Waals surface area contributed by atoms with Crippen LogP contribution in [0, 0.1) is 25.2 Å². The van der Waals surface area contributed by atoms with Gasteiger partial charge in [0.25, 0.3) is 11.1 Å². The van der Waals surface area contributed by atoms with E-state index in [9.17, 15) is 24.8 Å². The van der Waals surface area contributed by atoms with Gasteiger partial charge in [0, 0.05) is 34.3 Å². The largest absolute Gasteiger partial charge is 0.491 e. The van der Waals surface area contributed by atoms with Crippen molar-refractivity contribution in [3.05, 3.63) is 108 Å². The first kappa shape index (κ1) is 29.7. The van der Waals surface area contributed by atoms with Crippen LogP contribution in [-0.2, 0) is 13.6 Å². The number of ether oxygens (including phenoxy) is 1. The third kappa shape index (κ3) is 5.14. The normalized spacial score (nSPS) is 11.2. The minimum Gasteiger partial charge on any atom is -0.491 e. The highest BCUT2D eigenvalue weighted by Crippen LogP contribution is 2.40. The maximum absolute atomic E-state index is 13.9. The second-order valence-corrected chi connectivity index (χ2v) is 11.7. The van der Waals surface area contributed by atoms with E-state index in [1.165, 1.54) is 20.5 Å². The molecule has 0 aliphatic heterocycles. The molecule has 0 radical (unpaired) electrons. The van der Waals surface area contributed by atoms with Crippen molar-refractivity contribution >= 4 is 50.0 Å². The lowest BCUT2D eigenvalue weighted by molar-refractivity contribution is 0.0699. The van der Waals surface area contributed by atoms with Crippen LogP contribution in [0.4, 0.5) is 0 Å². The molecule has 6 aromatic rings. The zero-order chi connectivity index (χ0) is 32.0. The van der Waals surface area contributed by atoms with Gasteiger partial charge in [-0.2, -0.15) is 5.26 Å². The number of hydrogen-bond acceptors (Lipinski definition) is 8. The Labute approximate surface area is 265 Å². The van der Waals surface area contributed by atoms with E-state index in [1.54, 1.807) is 68.7 Å². The van der Waals surface area contributed by atoms with Crippen molar-refractivity contribution in [1.82, 2.24) is 19.1 Å². The van der Waals surface area contributed by atoms with E-state index in [-0.39, 0.29) is 35.2 Å². The van der Waals surface area contributed by atoms with Crippen LogP contribution in [0.1, 0.15) is 27.4 Å². The lowest BCUT2D eigenvalue weighted by atomic mass is 10.0. The van der Waals surface area contributed by atoms with Gasteiger partial charge in [0.05, 0.1) is 39.0 Å². The number of nitriles is 1. The lowest BCUT2D eigenvalue weighted by Crippen LogP contribution is -2.31. The third-order valence-corrected chi connectivity index (χ3v) is 8.77. The SMILES string of the molecule is Cc1cc(-c2cc(Cl)ccc2OCCn2c(C)nc3c(=O)n(C)c(-c4ccccc4)c(C#N)c3c2=O)c2scc(C(=O)O)c2n1. The quantitative estimate of drug-likeness (QED) is 0.226. The van der Waals surface area contributed by atoms with Crippen molar-refractivity contribution in [3.63, 3.8) is 0 Å². The van der Waals surface area contributed by atoms with Crippen molar-refractivity contribution in [2.45, 2.75) is 20.4 Å². The van der Waals surface area contributed by atoms with Crippen LogP contribution >= 0.6 is 22.9 Å². The fourth-order valence-electron chi connectivity index (χ4n) is 5.47. The lowest BCUT2D eigenvalue weighted by Gasteiger charge is -2.17. The monoisotopic (exact) mass is 637 g/mol. The maximum atomic E-state index is 13.9. The van der Waals surface area contributed by atoms with Crippen molar-refractivity contribution < 1.29 is 14.6 Å². The fraction of sp³-hybridized carbons (Fsp3) is 0.152. The highest BCUT2D eigenvalue weighted by atomic mass is 35.5. The Morgan fingerprint density at radius 1 is 1.04 bits per heavy atom. The number of hydrogen-bond donors (Lipinski definition) is 1. The minimum atomic E-state index is -1.06. The van der Waals surface area contributed by atoms with Crippen molar-refractivity contribution in [1.29, 1.82) is 5.26 Å².